The predicted molar refractivity (Wildman–Crippen MR) is 113 cm³/mol. The molecule has 7 nitrogen and oxygen atoms in total. The summed E-state index contributed by atoms with van der Waals surface area (Å²) in [7, 11) is 0. The fourth-order valence-corrected chi connectivity index (χ4v) is 3.32. The van der Waals surface area contributed by atoms with Crippen LogP contribution in [0.1, 0.15) is 38.1 Å². The highest BCUT2D eigenvalue weighted by molar-refractivity contribution is 6.31. The molecule has 1 heterocycles. The molecule has 0 fully saturated rings. The number of hydrogen-bond acceptors (Lipinski definition) is 4. The Bertz CT molecular complexity index is 835. The van der Waals surface area contributed by atoms with Crippen LogP contribution in [0.15, 0.2) is 42.7 Å². The minimum Gasteiger partial charge on any atom is -0.492 e. The van der Waals surface area contributed by atoms with Crippen LogP contribution >= 0.6 is 11.6 Å². The Labute approximate surface area is 175 Å². The van der Waals surface area contributed by atoms with E-state index in [0.717, 1.165) is 4.90 Å². The molecule has 0 radical (unpaired) electrons. The van der Waals surface area contributed by atoms with Gasteiger partial charge in [0.15, 0.2) is 0 Å². The van der Waals surface area contributed by atoms with Crippen molar-refractivity contribution in [2.24, 2.45) is 0 Å². The average molecular weight is 420 g/mol. The van der Waals surface area contributed by atoms with E-state index >= 15 is 0 Å². The number of benzene rings is 1. The highest BCUT2D eigenvalue weighted by atomic mass is 35.5. The molecule has 0 bridgehead atoms. The Balaban J connectivity index is 2.12. The molecule has 156 valence electrons. The van der Waals surface area contributed by atoms with E-state index < -0.39 is 6.09 Å². The Morgan fingerprint density at radius 3 is 2.28 bits per heavy atom. The summed E-state index contributed by atoms with van der Waals surface area (Å²) >= 11 is 6.18. The zero-order chi connectivity index (χ0) is 21.6. The molecule has 0 saturated carbocycles. The molecule has 0 aliphatic heterocycles. The third-order valence-electron chi connectivity index (χ3n) is 4.25. The number of carboxylic acid groups (broad SMARTS) is 1. The van der Waals surface area contributed by atoms with Gasteiger partial charge in [0.05, 0.1) is 12.2 Å². The van der Waals surface area contributed by atoms with Gasteiger partial charge in [-0.05, 0) is 58.0 Å². The van der Waals surface area contributed by atoms with Crippen LogP contribution < -0.4 is 9.64 Å². The zero-order valence-electron chi connectivity index (χ0n) is 17.0. The van der Waals surface area contributed by atoms with Gasteiger partial charge in [-0.2, -0.15) is 0 Å². The van der Waals surface area contributed by atoms with Crippen molar-refractivity contribution in [2.45, 2.75) is 39.8 Å². The normalized spacial score (nSPS) is 10.9. The summed E-state index contributed by atoms with van der Waals surface area (Å²) in [5.74, 6) is 0.277. The average Bonchev–Trinajstić information content (AvgIpc) is 2.64. The predicted octanol–water partition coefficient (Wildman–Crippen LogP) is 4.56. The minimum atomic E-state index is -1.09. The van der Waals surface area contributed by atoms with Gasteiger partial charge < -0.3 is 14.7 Å². The van der Waals surface area contributed by atoms with Crippen LogP contribution in [-0.2, 0) is 0 Å². The molecule has 2 aromatic rings. The lowest BCUT2D eigenvalue weighted by molar-refractivity contribution is 0.0643. The monoisotopic (exact) mass is 419 g/mol. The van der Waals surface area contributed by atoms with E-state index in [-0.39, 0.29) is 31.1 Å². The molecular formula is C21H26ClN3O4. The molecule has 0 atom stereocenters. The molecule has 0 unspecified atom stereocenters. The first kappa shape index (κ1) is 22.5. The van der Waals surface area contributed by atoms with Crippen LogP contribution in [-0.4, -0.2) is 52.2 Å². The third-order valence-corrected chi connectivity index (χ3v) is 4.47. The number of hydrogen-bond donors (Lipinski definition) is 1. The number of carbonyl (C=O) groups is 2. The summed E-state index contributed by atoms with van der Waals surface area (Å²) in [5.41, 5.74) is 0.932. The Morgan fingerprint density at radius 1 is 1.10 bits per heavy atom. The molecule has 0 spiro atoms. The number of anilines is 1. The van der Waals surface area contributed by atoms with E-state index in [4.69, 9.17) is 16.3 Å². The molecule has 0 saturated heterocycles. The maximum absolute atomic E-state index is 12.9. The highest BCUT2D eigenvalue weighted by Gasteiger charge is 2.22. The fourth-order valence-electron chi connectivity index (χ4n) is 3.10. The molecule has 0 aliphatic rings. The van der Waals surface area contributed by atoms with Crippen molar-refractivity contribution >= 4 is 29.3 Å². The Hall–Kier alpha value is -2.80. The summed E-state index contributed by atoms with van der Waals surface area (Å²) in [6, 6.07) is 8.13. The topological polar surface area (TPSA) is 83.0 Å². The fraction of sp³-hybridized carbons (Fsp3) is 0.381. The van der Waals surface area contributed by atoms with Crippen LogP contribution in [0.5, 0.6) is 5.75 Å². The minimum absolute atomic E-state index is 0.0373. The lowest BCUT2D eigenvalue weighted by Crippen LogP contribution is -2.42. The van der Waals surface area contributed by atoms with Gasteiger partial charge in [-0.3, -0.25) is 14.7 Å². The van der Waals surface area contributed by atoms with Gasteiger partial charge in [-0.1, -0.05) is 11.6 Å². The van der Waals surface area contributed by atoms with Crippen LogP contribution in [0, 0.1) is 0 Å². The summed E-state index contributed by atoms with van der Waals surface area (Å²) in [6.07, 6.45) is 1.96. The largest absolute Gasteiger partial charge is 0.492 e. The first-order valence-electron chi connectivity index (χ1n) is 9.37. The van der Waals surface area contributed by atoms with Crippen molar-refractivity contribution in [2.75, 3.05) is 18.1 Å². The molecule has 1 aromatic heterocycles. The van der Waals surface area contributed by atoms with Gasteiger partial charge in [0.2, 0.25) is 0 Å². The number of halogens is 1. The van der Waals surface area contributed by atoms with Crippen molar-refractivity contribution in [1.29, 1.82) is 0 Å². The molecule has 2 amide bonds. The number of rotatable bonds is 8. The van der Waals surface area contributed by atoms with Gasteiger partial charge in [0.1, 0.15) is 12.4 Å². The van der Waals surface area contributed by atoms with Gasteiger partial charge in [0.25, 0.3) is 5.91 Å². The Morgan fingerprint density at radius 2 is 1.72 bits per heavy atom. The second kappa shape index (κ2) is 10.1. The van der Waals surface area contributed by atoms with Crippen LogP contribution in [0.3, 0.4) is 0 Å². The third kappa shape index (κ3) is 6.09. The first-order chi connectivity index (χ1) is 13.7. The summed E-state index contributed by atoms with van der Waals surface area (Å²) in [6.45, 7) is 8.04. The van der Waals surface area contributed by atoms with E-state index in [1.165, 1.54) is 12.4 Å². The summed E-state index contributed by atoms with van der Waals surface area (Å²) < 4.78 is 5.70. The maximum atomic E-state index is 12.9. The second-order valence-corrected chi connectivity index (χ2v) is 7.50. The van der Waals surface area contributed by atoms with Crippen molar-refractivity contribution in [3.63, 3.8) is 0 Å². The second-order valence-electron chi connectivity index (χ2n) is 7.06. The number of nitrogens with zero attached hydrogens (tertiary/aromatic N) is 3. The zero-order valence-corrected chi connectivity index (χ0v) is 17.8. The van der Waals surface area contributed by atoms with E-state index in [0.29, 0.717) is 22.0 Å². The standard InChI is InChI=1S/C21H26ClN3O4/c1-14(2)25(15(3)4)20(26)16-11-17(22)13-19(12-16)29-10-9-24(21(27)28)18-5-7-23-8-6-18/h5-8,11-15H,9-10H2,1-4H3,(H,27,28). The molecule has 0 aliphatic carbocycles. The van der Waals surface area contributed by atoms with Crippen molar-refractivity contribution in [3.8, 4) is 5.75 Å². The SMILES string of the molecule is CC(C)N(C(=O)c1cc(Cl)cc(OCCN(C(=O)O)c2ccncc2)c1)C(C)C. The summed E-state index contributed by atoms with van der Waals surface area (Å²) in [4.78, 5) is 31.3. The lowest BCUT2D eigenvalue weighted by atomic mass is 10.1. The molecule has 1 N–H and O–H groups in total. The van der Waals surface area contributed by atoms with Gasteiger partial charge in [-0.15, -0.1) is 0 Å². The van der Waals surface area contributed by atoms with Crippen LogP contribution in [0.25, 0.3) is 0 Å². The highest BCUT2D eigenvalue weighted by Crippen LogP contribution is 2.24. The van der Waals surface area contributed by atoms with Crippen LogP contribution in [0.2, 0.25) is 5.02 Å². The van der Waals surface area contributed by atoms with Gasteiger partial charge in [-0.25, -0.2) is 4.79 Å². The number of carbonyl (C=O) groups excluding carboxylic acids is 1. The first-order valence-corrected chi connectivity index (χ1v) is 9.75. The molecule has 1 aromatic carbocycles. The Kier molecular flexibility index (Phi) is 7.84. The number of aromatic nitrogens is 1. The van der Waals surface area contributed by atoms with Crippen molar-refractivity contribution in [3.05, 3.63) is 53.3 Å². The van der Waals surface area contributed by atoms with Gasteiger partial charge in [0, 0.05) is 35.1 Å². The molecular weight excluding hydrogens is 394 g/mol. The number of ether oxygens (including phenoxy) is 1. The molecule has 29 heavy (non-hydrogen) atoms. The summed E-state index contributed by atoms with van der Waals surface area (Å²) in [5, 5.41) is 9.81. The maximum Gasteiger partial charge on any atom is 0.411 e. The van der Waals surface area contributed by atoms with E-state index in [2.05, 4.69) is 4.98 Å². The quantitative estimate of drug-likeness (QED) is 0.678. The van der Waals surface area contributed by atoms with Crippen molar-refractivity contribution in [1.82, 2.24) is 9.88 Å². The molecule has 2 rings (SSSR count). The molecule has 8 heteroatoms. The van der Waals surface area contributed by atoms with Crippen LogP contribution in [0.4, 0.5) is 10.5 Å². The van der Waals surface area contributed by atoms with E-state index in [1.807, 2.05) is 27.7 Å². The van der Waals surface area contributed by atoms with Crippen molar-refractivity contribution < 1.29 is 19.4 Å². The number of pyridine rings is 1. The van der Waals surface area contributed by atoms with E-state index in [1.54, 1.807) is 35.2 Å². The number of amides is 2. The lowest BCUT2D eigenvalue weighted by Gasteiger charge is -2.31. The van der Waals surface area contributed by atoms with E-state index in [9.17, 15) is 14.7 Å². The van der Waals surface area contributed by atoms with Gasteiger partial charge >= 0.3 is 6.09 Å². The smallest absolute Gasteiger partial charge is 0.411 e.